The van der Waals surface area contributed by atoms with Crippen LogP contribution in [0.25, 0.3) is 0 Å². The molecule has 0 aliphatic carbocycles. The van der Waals surface area contributed by atoms with E-state index in [1.165, 1.54) is 6.42 Å². The average Bonchev–Trinajstić information content (AvgIpc) is 2.40. The number of benzene rings is 1. The number of anilines is 1. The molecular weight excluding hydrogens is 223 g/mol. The minimum absolute atomic E-state index is 0.0496. The van der Waals surface area contributed by atoms with Gasteiger partial charge < -0.3 is 15.5 Å². The van der Waals surface area contributed by atoms with Crippen molar-refractivity contribution < 1.29 is 4.74 Å². The molecule has 2 N–H and O–H groups in total. The fourth-order valence-electron chi connectivity index (χ4n) is 2.10. The summed E-state index contributed by atoms with van der Waals surface area (Å²) in [6, 6.07) is 5.69. The highest BCUT2D eigenvalue weighted by Crippen LogP contribution is 2.21. The number of terminal acetylenes is 1. The fourth-order valence-corrected chi connectivity index (χ4v) is 2.10. The van der Waals surface area contributed by atoms with Gasteiger partial charge in [0.25, 0.3) is 0 Å². The first-order chi connectivity index (χ1) is 8.70. The lowest BCUT2D eigenvalue weighted by Gasteiger charge is -2.25. The molecule has 1 aliphatic rings. The van der Waals surface area contributed by atoms with Crippen LogP contribution in [0.4, 0.5) is 5.69 Å². The Hall–Kier alpha value is -1.73. The molecule has 92 valence electrons. The summed E-state index contributed by atoms with van der Waals surface area (Å²) in [5, 5.41) is 11.2. The van der Waals surface area contributed by atoms with Crippen LogP contribution >= 0.6 is 0 Å². The van der Waals surface area contributed by atoms with E-state index in [2.05, 4.69) is 11.2 Å². The van der Waals surface area contributed by atoms with Crippen molar-refractivity contribution in [2.24, 2.45) is 0 Å². The molecular formula is C14H17BN2O. The highest BCUT2D eigenvalue weighted by Gasteiger charge is 2.15. The minimum atomic E-state index is 0.0496. The zero-order valence-electron chi connectivity index (χ0n) is 10.6. The Balaban J connectivity index is 2.21. The number of ether oxygens (including phenoxy) is 1. The molecule has 1 fully saturated rings. The van der Waals surface area contributed by atoms with Crippen LogP contribution in [0.5, 0.6) is 0 Å². The van der Waals surface area contributed by atoms with E-state index in [0.29, 0.717) is 5.61 Å². The predicted molar refractivity (Wildman–Crippen MR) is 77.0 cm³/mol. The Morgan fingerprint density at radius 3 is 2.94 bits per heavy atom. The third-order valence-electron chi connectivity index (χ3n) is 3.09. The molecule has 1 aliphatic heterocycles. The van der Waals surface area contributed by atoms with Gasteiger partial charge in [-0.15, -0.1) is 6.42 Å². The van der Waals surface area contributed by atoms with Crippen LogP contribution in [0, 0.1) is 17.8 Å². The molecule has 0 bridgehead atoms. The third kappa shape index (κ3) is 2.94. The van der Waals surface area contributed by atoms with Crippen LogP contribution in [0.15, 0.2) is 18.2 Å². The maximum Gasteiger partial charge on any atom is 0.163 e. The van der Waals surface area contributed by atoms with E-state index in [9.17, 15) is 0 Å². The first kappa shape index (κ1) is 12.7. The lowest BCUT2D eigenvalue weighted by molar-refractivity contribution is 0.0343. The summed E-state index contributed by atoms with van der Waals surface area (Å²) in [7, 11) is 1.77. The van der Waals surface area contributed by atoms with Crippen LogP contribution < -0.4 is 5.32 Å². The number of hydrogen-bond acceptors (Lipinski definition) is 3. The summed E-state index contributed by atoms with van der Waals surface area (Å²) in [5.74, 6) is 2.60. The Morgan fingerprint density at radius 1 is 1.50 bits per heavy atom. The molecule has 1 unspecified atom stereocenters. The second-order valence-electron chi connectivity index (χ2n) is 4.53. The van der Waals surface area contributed by atoms with Gasteiger partial charge in [0.15, 0.2) is 7.85 Å². The zero-order valence-corrected chi connectivity index (χ0v) is 10.6. The molecule has 1 aromatic carbocycles. The van der Waals surface area contributed by atoms with Gasteiger partial charge in [-0.1, -0.05) is 5.92 Å². The van der Waals surface area contributed by atoms with Crippen molar-refractivity contribution in [1.29, 1.82) is 5.41 Å². The van der Waals surface area contributed by atoms with Gasteiger partial charge in [0, 0.05) is 23.4 Å². The molecule has 3 nitrogen and oxygen atoms in total. The van der Waals surface area contributed by atoms with Gasteiger partial charge in [-0.3, -0.25) is 0 Å². The van der Waals surface area contributed by atoms with E-state index < -0.39 is 0 Å². The van der Waals surface area contributed by atoms with Crippen molar-refractivity contribution >= 4 is 19.1 Å². The van der Waals surface area contributed by atoms with Crippen LogP contribution in [0.3, 0.4) is 0 Å². The summed E-state index contributed by atoms with van der Waals surface area (Å²) in [4.78, 5) is 0. The van der Waals surface area contributed by atoms with Crippen LogP contribution in [-0.4, -0.2) is 26.3 Å². The van der Waals surface area contributed by atoms with Gasteiger partial charge in [-0.05, 0) is 43.1 Å². The molecule has 0 radical (unpaired) electrons. The lowest BCUT2D eigenvalue weighted by Crippen LogP contribution is -2.28. The van der Waals surface area contributed by atoms with Crippen molar-refractivity contribution in [2.45, 2.75) is 25.5 Å². The largest absolute Gasteiger partial charge is 0.360 e. The van der Waals surface area contributed by atoms with Gasteiger partial charge >= 0.3 is 0 Å². The SMILES string of the molecule is BC(=N)c1cc(C#C)ccc1NC1CCCCO1. The van der Waals surface area contributed by atoms with Gasteiger partial charge in [0.05, 0.1) is 0 Å². The highest BCUT2D eigenvalue weighted by atomic mass is 16.5. The quantitative estimate of drug-likeness (QED) is 0.478. The van der Waals surface area contributed by atoms with Crippen LogP contribution in [0.1, 0.15) is 30.4 Å². The lowest BCUT2D eigenvalue weighted by atomic mass is 9.91. The number of nitrogens with one attached hydrogen (secondary N) is 2. The molecule has 0 spiro atoms. The van der Waals surface area contributed by atoms with Gasteiger partial charge in [0.1, 0.15) is 6.23 Å². The van der Waals surface area contributed by atoms with E-state index in [4.69, 9.17) is 16.6 Å². The van der Waals surface area contributed by atoms with Gasteiger partial charge in [-0.2, -0.15) is 0 Å². The average molecular weight is 240 g/mol. The summed E-state index contributed by atoms with van der Waals surface area (Å²) in [6.45, 7) is 0.805. The Kier molecular flexibility index (Phi) is 4.06. The number of rotatable bonds is 3. The summed E-state index contributed by atoms with van der Waals surface area (Å²) >= 11 is 0. The molecule has 1 heterocycles. The Bertz CT molecular complexity index is 487. The highest BCUT2D eigenvalue weighted by molar-refractivity contribution is 6.64. The minimum Gasteiger partial charge on any atom is -0.360 e. The summed E-state index contributed by atoms with van der Waals surface area (Å²) < 4.78 is 5.65. The fraction of sp³-hybridized carbons (Fsp3) is 0.357. The first-order valence-electron chi connectivity index (χ1n) is 6.25. The second-order valence-corrected chi connectivity index (χ2v) is 4.53. The molecule has 0 amide bonds. The molecule has 1 atom stereocenters. The molecule has 4 heteroatoms. The molecule has 2 rings (SSSR count). The maximum absolute atomic E-state index is 7.82. The molecule has 0 aromatic heterocycles. The third-order valence-corrected chi connectivity index (χ3v) is 3.09. The monoisotopic (exact) mass is 240 g/mol. The van der Waals surface area contributed by atoms with Gasteiger partial charge in [-0.25, -0.2) is 0 Å². The van der Waals surface area contributed by atoms with E-state index >= 15 is 0 Å². The molecule has 1 saturated heterocycles. The first-order valence-corrected chi connectivity index (χ1v) is 6.25. The summed E-state index contributed by atoms with van der Waals surface area (Å²) in [6.07, 6.45) is 8.75. The van der Waals surface area contributed by atoms with E-state index in [0.717, 1.165) is 36.3 Å². The standard InChI is InChI=1S/C14H17BN2O/c1-2-10-6-7-12(11(9-10)14(15)16)17-13-5-3-4-8-18-13/h1,6-7,9,13,16-17H,3-5,8,15H2. The number of hydrogen-bond donors (Lipinski definition) is 2. The zero-order chi connectivity index (χ0) is 13.0. The Labute approximate surface area is 109 Å². The molecule has 18 heavy (non-hydrogen) atoms. The molecule has 1 aromatic rings. The maximum atomic E-state index is 7.82. The Morgan fingerprint density at radius 2 is 2.33 bits per heavy atom. The van der Waals surface area contributed by atoms with E-state index in [1.54, 1.807) is 7.85 Å². The topological polar surface area (TPSA) is 45.1 Å². The normalized spacial score (nSPS) is 18.9. The van der Waals surface area contributed by atoms with Crippen molar-refractivity contribution in [2.75, 3.05) is 11.9 Å². The predicted octanol–water partition coefficient (Wildman–Crippen LogP) is 1.56. The van der Waals surface area contributed by atoms with Crippen LogP contribution in [0.2, 0.25) is 0 Å². The molecule has 0 saturated carbocycles. The van der Waals surface area contributed by atoms with E-state index in [1.807, 2.05) is 18.2 Å². The smallest absolute Gasteiger partial charge is 0.163 e. The van der Waals surface area contributed by atoms with Crippen molar-refractivity contribution in [1.82, 2.24) is 0 Å². The van der Waals surface area contributed by atoms with Gasteiger partial charge in [0.2, 0.25) is 0 Å². The van der Waals surface area contributed by atoms with Crippen molar-refractivity contribution in [3.8, 4) is 12.3 Å². The summed E-state index contributed by atoms with van der Waals surface area (Å²) in [5.41, 5.74) is 3.07. The second kappa shape index (κ2) is 5.75. The van der Waals surface area contributed by atoms with Crippen molar-refractivity contribution in [3.05, 3.63) is 29.3 Å². The van der Waals surface area contributed by atoms with Crippen LogP contribution in [-0.2, 0) is 4.74 Å². The van der Waals surface area contributed by atoms with E-state index in [-0.39, 0.29) is 6.23 Å². The van der Waals surface area contributed by atoms with Crippen molar-refractivity contribution in [3.63, 3.8) is 0 Å².